The zero-order valence-electron chi connectivity index (χ0n) is 10.6. The molecule has 0 spiro atoms. The molecule has 0 aliphatic carbocycles. The second-order valence-electron chi connectivity index (χ2n) is 4.26. The molecule has 0 radical (unpaired) electrons. The number of hydrogen-bond donors (Lipinski definition) is 0. The molecule has 100 valence electrons. The highest BCUT2D eigenvalue weighted by Crippen LogP contribution is 2.35. The van der Waals surface area contributed by atoms with Gasteiger partial charge in [0.15, 0.2) is 0 Å². The van der Waals surface area contributed by atoms with E-state index in [1.807, 2.05) is 43.3 Å². The van der Waals surface area contributed by atoms with E-state index in [9.17, 15) is 0 Å². The van der Waals surface area contributed by atoms with Crippen LogP contribution in [-0.2, 0) is 0 Å². The number of aryl methyl sites for hydroxylation is 1. The van der Waals surface area contributed by atoms with E-state index in [-0.39, 0.29) is 5.38 Å². The predicted molar refractivity (Wildman–Crippen MR) is 81.9 cm³/mol. The van der Waals surface area contributed by atoms with E-state index < -0.39 is 0 Å². The highest BCUT2D eigenvalue weighted by molar-refractivity contribution is 6.32. The summed E-state index contributed by atoms with van der Waals surface area (Å²) in [5.74, 6) is 0.641. The third-order valence-electron chi connectivity index (χ3n) is 2.97. The summed E-state index contributed by atoms with van der Waals surface area (Å²) in [4.78, 5) is 0. The molecule has 0 aliphatic heterocycles. The van der Waals surface area contributed by atoms with Crippen LogP contribution in [0.5, 0.6) is 5.75 Å². The van der Waals surface area contributed by atoms with E-state index in [1.54, 1.807) is 7.11 Å². The van der Waals surface area contributed by atoms with Gasteiger partial charge in [-0.3, -0.25) is 0 Å². The normalized spacial score (nSPS) is 12.3. The molecule has 0 fully saturated rings. The van der Waals surface area contributed by atoms with Crippen molar-refractivity contribution in [1.29, 1.82) is 0 Å². The largest absolute Gasteiger partial charge is 0.495 e. The van der Waals surface area contributed by atoms with Gasteiger partial charge in [-0.25, -0.2) is 0 Å². The number of benzene rings is 2. The minimum absolute atomic E-state index is 0.263. The van der Waals surface area contributed by atoms with Gasteiger partial charge in [0, 0.05) is 5.02 Å². The number of halogens is 3. The summed E-state index contributed by atoms with van der Waals surface area (Å²) in [6.45, 7) is 1.99. The average Bonchev–Trinajstić information content (AvgIpc) is 2.38. The van der Waals surface area contributed by atoms with Gasteiger partial charge in [0.05, 0.1) is 17.5 Å². The fourth-order valence-corrected chi connectivity index (χ4v) is 2.82. The van der Waals surface area contributed by atoms with Crippen LogP contribution in [0.3, 0.4) is 0 Å². The maximum atomic E-state index is 6.51. The number of ether oxygens (including phenoxy) is 1. The van der Waals surface area contributed by atoms with Gasteiger partial charge < -0.3 is 4.74 Å². The zero-order chi connectivity index (χ0) is 14.0. The summed E-state index contributed by atoms with van der Waals surface area (Å²) >= 11 is 18.6. The Morgan fingerprint density at radius 1 is 1.05 bits per heavy atom. The third-order valence-corrected chi connectivity index (χ3v) is 3.99. The summed E-state index contributed by atoms with van der Waals surface area (Å²) in [6.07, 6.45) is 0. The van der Waals surface area contributed by atoms with Gasteiger partial charge in [-0.15, -0.1) is 11.6 Å². The molecule has 0 N–H and O–H groups in total. The molecule has 0 bridgehead atoms. The first-order valence-electron chi connectivity index (χ1n) is 5.76. The van der Waals surface area contributed by atoms with Crippen molar-refractivity contribution in [2.75, 3.05) is 7.11 Å². The molecule has 0 aliphatic rings. The van der Waals surface area contributed by atoms with Crippen LogP contribution in [-0.4, -0.2) is 7.11 Å². The monoisotopic (exact) mass is 314 g/mol. The molecule has 1 unspecified atom stereocenters. The maximum absolute atomic E-state index is 6.51. The number of hydrogen-bond acceptors (Lipinski definition) is 1. The molecule has 0 saturated heterocycles. The van der Waals surface area contributed by atoms with Crippen LogP contribution in [0.2, 0.25) is 10.0 Å². The van der Waals surface area contributed by atoms with Crippen molar-refractivity contribution in [1.82, 2.24) is 0 Å². The van der Waals surface area contributed by atoms with E-state index in [1.165, 1.54) is 0 Å². The highest BCUT2D eigenvalue weighted by Gasteiger charge is 2.15. The molecule has 0 amide bonds. The van der Waals surface area contributed by atoms with Gasteiger partial charge in [0.1, 0.15) is 5.75 Å². The Labute approximate surface area is 128 Å². The SMILES string of the molecule is COc1ccc(C(Cl)c2ccc(Cl)cc2C)cc1Cl. The van der Waals surface area contributed by atoms with Gasteiger partial charge in [-0.1, -0.05) is 35.3 Å². The van der Waals surface area contributed by atoms with Crippen molar-refractivity contribution in [2.24, 2.45) is 0 Å². The van der Waals surface area contributed by atoms with Gasteiger partial charge in [-0.2, -0.15) is 0 Å². The Morgan fingerprint density at radius 2 is 1.79 bits per heavy atom. The lowest BCUT2D eigenvalue weighted by Gasteiger charge is -2.14. The van der Waals surface area contributed by atoms with Gasteiger partial charge >= 0.3 is 0 Å². The van der Waals surface area contributed by atoms with E-state index in [4.69, 9.17) is 39.5 Å². The van der Waals surface area contributed by atoms with E-state index in [2.05, 4.69) is 0 Å². The van der Waals surface area contributed by atoms with Gasteiger partial charge in [-0.05, 0) is 47.9 Å². The van der Waals surface area contributed by atoms with Crippen molar-refractivity contribution in [2.45, 2.75) is 12.3 Å². The van der Waals surface area contributed by atoms with Crippen LogP contribution >= 0.6 is 34.8 Å². The van der Waals surface area contributed by atoms with E-state index in [0.29, 0.717) is 15.8 Å². The second-order valence-corrected chi connectivity index (χ2v) is 5.54. The molecule has 1 nitrogen and oxygen atoms in total. The zero-order valence-corrected chi connectivity index (χ0v) is 12.9. The van der Waals surface area contributed by atoms with Crippen LogP contribution in [0, 0.1) is 6.92 Å². The molecule has 0 saturated carbocycles. The van der Waals surface area contributed by atoms with Crippen molar-refractivity contribution < 1.29 is 4.74 Å². The molecular formula is C15H13Cl3O. The second kappa shape index (κ2) is 6.04. The molecule has 2 rings (SSSR count). The fraction of sp³-hybridized carbons (Fsp3) is 0.200. The lowest BCUT2D eigenvalue weighted by molar-refractivity contribution is 0.415. The number of rotatable bonds is 3. The molecule has 1 atom stereocenters. The Bertz CT molecular complexity index is 596. The summed E-state index contributed by atoms with van der Waals surface area (Å²) in [5, 5.41) is 0.996. The third kappa shape index (κ3) is 3.17. The molecule has 2 aromatic rings. The Morgan fingerprint density at radius 3 is 2.37 bits per heavy atom. The molecule has 0 aromatic heterocycles. The van der Waals surface area contributed by atoms with Crippen LogP contribution < -0.4 is 4.74 Å². The highest BCUT2D eigenvalue weighted by atomic mass is 35.5. The van der Waals surface area contributed by atoms with E-state index >= 15 is 0 Å². The summed E-state index contributed by atoms with van der Waals surface area (Å²) in [5.41, 5.74) is 3.00. The average molecular weight is 316 g/mol. The Kier molecular flexibility index (Phi) is 4.62. The molecule has 2 aromatic carbocycles. The topological polar surface area (TPSA) is 9.23 Å². The van der Waals surface area contributed by atoms with Crippen LogP contribution in [0.25, 0.3) is 0 Å². The summed E-state index contributed by atoms with van der Waals surface area (Å²) < 4.78 is 5.13. The maximum Gasteiger partial charge on any atom is 0.137 e. The van der Waals surface area contributed by atoms with Crippen molar-refractivity contribution in [3.05, 3.63) is 63.1 Å². The first-order valence-corrected chi connectivity index (χ1v) is 6.95. The summed E-state index contributed by atoms with van der Waals surface area (Å²) in [6, 6.07) is 11.2. The summed E-state index contributed by atoms with van der Waals surface area (Å²) in [7, 11) is 1.59. The molecule has 0 heterocycles. The lowest BCUT2D eigenvalue weighted by Crippen LogP contribution is -1.97. The first kappa shape index (κ1) is 14.5. The van der Waals surface area contributed by atoms with E-state index in [0.717, 1.165) is 16.7 Å². The van der Waals surface area contributed by atoms with Crippen LogP contribution in [0.1, 0.15) is 22.1 Å². The van der Waals surface area contributed by atoms with Crippen molar-refractivity contribution >= 4 is 34.8 Å². The predicted octanol–water partition coefficient (Wildman–Crippen LogP) is 5.64. The van der Waals surface area contributed by atoms with Gasteiger partial charge in [0.2, 0.25) is 0 Å². The molecular weight excluding hydrogens is 303 g/mol. The smallest absolute Gasteiger partial charge is 0.137 e. The molecule has 4 heteroatoms. The van der Waals surface area contributed by atoms with Crippen LogP contribution in [0.15, 0.2) is 36.4 Å². The quantitative estimate of drug-likeness (QED) is 0.666. The van der Waals surface area contributed by atoms with Crippen molar-refractivity contribution in [3.63, 3.8) is 0 Å². The minimum atomic E-state index is -0.263. The first-order chi connectivity index (χ1) is 9.02. The number of methoxy groups -OCH3 is 1. The fourth-order valence-electron chi connectivity index (χ4n) is 1.94. The minimum Gasteiger partial charge on any atom is -0.495 e. The molecule has 19 heavy (non-hydrogen) atoms. The van der Waals surface area contributed by atoms with Crippen molar-refractivity contribution in [3.8, 4) is 5.75 Å². The Balaban J connectivity index is 2.38. The van der Waals surface area contributed by atoms with Crippen LogP contribution in [0.4, 0.5) is 0 Å². The standard InChI is InChI=1S/C15H13Cl3O/c1-9-7-11(16)4-5-12(9)15(18)10-3-6-14(19-2)13(17)8-10/h3-8,15H,1-2H3. The van der Waals surface area contributed by atoms with Gasteiger partial charge in [0.25, 0.3) is 0 Å². The lowest BCUT2D eigenvalue weighted by atomic mass is 10.00. The number of alkyl halides is 1. The Hall–Kier alpha value is -0.890.